The molecule has 1 aliphatic carbocycles. The van der Waals surface area contributed by atoms with Gasteiger partial charge in [0.15, 0.2) is 0 Å². The lowest BCUT2D eigenvalue weighted by atomic mass is 9.79. The van der Waals surface area contributed by atoms with Gasteiger partial charge in [0.25, 0.3) is 0 Å². The van der Waals surface area contributed by atoms with Crippen LogP contribution in [0.4, 0.5) is 5.69 Å². The van der Waals surface area contributed by atoms with Crippen LogP contribution in [0.3, 0.4) is 0 Å². The van der Waals surface area contributed by atoms with Gasteiger partial charge in [-0.1, -0.05) is 84.4 Å². The van der Waals surface area contributed by atoms with Gasteiger partial charge in [-0.2, -0.15) is 0 Å². The lowest BCUT2D eigenvalue weighted by Gasteiger charge is -2.23. The molecular weight excluding hydrogens is 370 g/mol. The lowest BCUT2D eigenvalue weighted by molar-refractivity contribution is -0.123. The van der Waals surface area contributed by atoms with Gasteiger partial charge in [0, 0.05) is 11.8 Å². The second-order valence-corrected chi connectivity index (χ2v) is 7.97. The van der Waals surface area contributed by atoms with E-state index in [9.17, 15) is 9.59 Å². The van der Waals surface area contributed by atoms with Crippen LogP contribution in [0.2, 0.25) is 5.02 Å². The number of imide groups is 1. The Hall–Kier alpha value is -2.91. The molecule has 5 rings (SSSR count). The van der Waals surface area contributed by atoms with E-state index in [-0.39, 0.29) is 18.2 Å². The van der Waals surface area contributed by atoms with Crippen LogP contribution in [0.1, 0.15) is 24.0 Å². The first-order chi connectivity index (χ1) is 13.6. The minimum Gasteiger partial charge on any atom is -0.274 e. The summed E-state index contributed by atoms with van der Waals surface area (Å²) < 4.78 is 0. The average Bonchev–Trinajstić information content (AvgIpc) is 3.34. The molecule has 4 heteroatoms. The number of hydrogen-bond donors (Lipinski definition) is 0. The van der Waals surface area contributed by atoms with Gasteiger partial charge in [-0.3, -0.25) is 9.59 Å². The third-order valence-corrected chi connectivity index (χ3v) is 6.52. The van der Waals surface area contributed by atoms with E-state index in [0.717, 1.165) is 11.1 Å². The maximum absolute atomic E-state index is 13.7. The van der Waals surface area contributed by atoms with Crippen LogP contribution in [0, 0.1) is 5.41 Å². The van der Waals surface area contributed by atoms with Crippen molar-refractivity contribution >= 4 is 29.1 Å². The molecule has 0 N–H and O–H groups in total. The Labute approximate surface area is 168 Å². The van der Waals surface area contributed by atoms with Gasteiger partial charge in [-0.25, -0.2) is 4.90 Å². The van der Waals surface area contributed by atoms with Gasteiger partial charge in [0.2, 0.25) is 11.8 Å². The highest BCUT2D eigenvalue weighted by Gasteiger charge is 2.77. The molecule has 0 bridgehead atoms. The van der Waals surface area contributed by atoms with Crippen molar-refractivity contribution in [3.05, 3.63) is 101 Å². The van der Waals surface area contributed by atoms with Crippen LogP contribution in [-0.4, -0.2) is 11.8 Å². The van der Waals surface area contributed by atoms with E-state index in [2.05, 4.69) is 24.3 Å². The Bertz CT molecular complexity index is 1040. The van der Waals surface area contributed by atoms with Crippen molar-refractivity contribution in [2.75, 3.05) is 4.90 Å². The van der Waals surface area contributed by atoms with E-state index in [1.54, 1.807) is 24.3 Å². The number of benzene rings is 3. The van der Waals surface area contributed by atoms with Gasteiger partial charge in [0.1, 0.15) is 0 Å². The smallest absolute Gasteiger partial charge is 0.241 e. The maximum Gasteiger partial charge on any atom is 0.241 e. The van der Waals surface area contributed by atoms with Crippen LogP contribution < -0.4 is 4.90 Å². The van der Waals surface area contributed by atoms with Crippen molar-refractivity contribution < 1.29 is 9.59 Å². The second-order valence-electron chi connectivity index (χ2n) is 7.56. The summed E-state index contributed by atoms with van der Waals surface area (Å²) in [4.78, 5) is 27.9. The van der Waals surface area contributed by atoms with Gasteiger partial charge in [-0.05, 0) is 29.7 Å². The highest BCUT2D eigenvalue weighted by Crippen LogP contribution is 2.72. The van der Waals surface area contributed by atoms with E-state index in [1.807, 2.05) is 36.4 Å². The predicted octanol–water partition coefficient (Wildman–Crippen LogP) is 4.98. The number of rotatable bonds is 3. The predicted molar refractivity (Wildman–Crippen MR) is 109 cm³/mol. The fourth-order valence-electron chi connectivity index (χ4n) is 4.87. The van der Waals surface area contributed by atoms with Crippen LogP contribution in [0.15, 0.2) is 84.9 Å². The van der Waals surface area contributed by atoms with E-state index < -0.39 is 10.8 Å². The summed E-state index contributed by atoms with van der Waals surface area (Å²) in [5, 5.41) is 0.409. The number of carbonyl (C=O) groups is 2. The number of hydrogen-bond acceptors (Lipinski definition) is 2. The Morgan fingerprint density at radius 2 is 1.29 bits per heavy atom. The lowest BCUT2D eigenvalue weighted by Crippen LogP contribution is -2.33. The molecule has 0 radical (unpaired) electrons. The minimum absolute atomic E-state index is 0.154. The van der Waals surface area contributed by atoms with Gasteiger partial charge in [0.05, 0.1) is 16.1 Å². The molecule has 1 atom stereocenters. The molecular formula is C24H18ClNO2. The third-order valence-electron chi connectivity index (χ3n) is 6.20. The van der Waals surface area contributed by atoms with Gasteiger partial charge >= 0.3 is 0 Å². The Balaban J connectivity index is 1.66. The minimum atomic E-state index is -0.758. The van der Waals surface area contributed by atoms with Crippen molar-refractivity contribution in [1.82, 2.24) is 0 Å². The highest BCUT2D eigenvalue weighted by molar-refractivity contribution is 6.36. The zero-order valence-electron chi connectivity index (χ0n) is 15.1. The summed E-state index contributed by atoms with van der Waals surface area (Å²) in [6.07, 6.45) is 0.820. The number of carbonyl (C=O) groups excluding carboxylic acids is 2. The average molecular weight is 388 g/mol. The third kappa shape index (κ3) is 2.17. The standard InChI is InChI=1S/C24H18ClNO2/c25-19-13-7-8-14-20(19)26-21(27)15-23(22(26)28)16-24(23,17-9-3-1-4-10-17)18-11-5-2-6-12-18/h1-14H,15-16H2. The highest BCUT2D eigenvalue weighted by atomic mass is 35.5. The van der Waals surface area contributed by atoms with Crippen molar-refractivity contribution in [2.45, 2.75) is 18.3 Å². The van der Waals surface area contributed by atoms with Crippen LogP contribution in [-0.2, 0) is 15.0 Å². The molecule has 1 saturated heterocycles. The molecule has 2 aliphatic rings. The number of amides is 2. The summed E-state index contributed by atoms with van der Waals surface area (Å²) in [6.45, 7) is 0. The Kier molecular flexibility index (Phi) is 3.72. The molecule has 1 aliphatic heterocycles. The fourth-order valence-corrected chi connectivity index (χ4v) is 5.09. The van der Waals surface area contributed by atoms with Crippen molar-refractivity contribution in [3.63, 3.8) is 0 Å². The molecule has 2 amide bonds. The second kappa shape index (κ2) is 6.05. The van der Waals surface area contributed by atoms with E-state index >= 15 is 0 Å². The topological polar surface area (TPSA) is 37.4 Å². The molecule has 2 fully saturated rings. The first kappa shape index (κ1) is 17.2. The normalized spacial score (nSPS) is 22.7. The van der Waals surface area contributed by atoms with Gasteiger partial charge < -0.3 is 0 Å². The monoisotopic (exact) mass is 387 g/mol. The molecule has 1 unspecified atom stereocenters. The zero-order chi connectivity index (χ0) is 19.4. The Morgan fingerprint density at radius 1 is 0.750 bits per heavy atom. The van der Waals surface area contributed by atoms with E-state index in [1.165, 1.54) is 4.90 Å². The zero-order valence-corrected chi connectivity index (χ0v) is 15.9. The molecule has 1 saturated carbocycles. The molecule has 1 spiro atoms. The number of nitrogens with zero attached hydrogens (tertiary/aromatic N) is 1. The maximum atomic E-state index is 13.7. The molecule has 3 nitrogen and oxygen atoms in total. The molecule has 138 valence electrons. The quantitative estimate of drug-likeness (QED) is 0.594. The van der Waals surface area contributed by atoms with Crippen molar-refractivity contribution in [1.29, 1.82) is 0 Å². The van der Waals surface area contributed by atoms with Gasteiger partial charge in [-0.15, -0.1) is 0 Å². The summed E-state index contributed by atoms with van der Waals surface area (Å²) in [5.74, 6) is -0.342. The fraction of sp³-hybridized carbons (Fsp3) is 0.167. The SMILES string of the molecule is O=C1CC2(CC2(c2ccccc2)c2ccccc2)C(=O)N1c1ccccc1Cl. The summed E-state index contributed by atoms with van der Waals surface area (Å²) in [7, 11) is 0. The molecule has 28 heavy (non-hydrogen) atoms. The number of halogens is 1. The first-order valence-electron chi connectivity index (χ1n) is 9.33. The van der Waals surface area contributed by atoms with Crippen molar-refractivity contribution in [3.8, 4) is 0 Å². The Morgan fingerprint density at radius 3 is 1.86 bits per heavy atom. The van der Waals surface area contributed by atoms with E-state index in [4.69, 9.17) is 11.6 Å². The van der Waals surface area contributed by atoms with Crippen LogP contribution in [0.5, 0.6) is 0 Å². The van der Waals surface area contributed by atoms with Crippen LogP contribution >= 0.6 is 11.6 Å². The molecule has 0 aromatic heterocycles. The molecule has 3 aromatic carbocycles. The summed E-state index contributed by atoms with van der Waals surface area (Å²) >= 11 is 6.31. The summed E-state index contributed by atoms with van der Waals surface area (Å²) in [5.41, 5.74) is 1.37. The first-order valence-corrected chi connectivity index (χ1v) is 9.71. The summed E-state index contributed by atoms with van der Waals surface area (Å²) in [6, 6.07) is 27.1. The molecule has 3 aromatic rings. The van der Waals surface area contributed by atoms with Crippen molar-refractivity contribution in [2.24, 2.45) is 5.41 Å². The number of anilines is 1. The largest absolute Gasteiger partial charge is 0.274 e. The van der Waals surface area contributed by atoms with E-state index in [0.29, 0.717) is 17.1 Å². The van der Waals surface area contributed by atoms with Crippen LogP contribution in [0.25, 0.3) is 0 Å². The number of para-hydroxylation sites is 1. The molecule has 1 heterocycles.